The second-order valence-electron chi connectivity index (χ2n) is 5.83. The fourth-order valence-electron chi connectivity index (χ4n) is 3.64. The summed E-state index contributed by atoms with van der Waals surface area (Å²) in [6.07, 6.45) is 4.53. The summed E-state index contributed by atoms with van der Waals surface area (Å²) in [6.45, 7) is 1.99. The van der Waals surface area contributed by atoms with E-state index in [-0.39, 0.29) is 5.91 Å². The molecule has 0 aromatic carbocycles. The summed E-state index contributed by atoms with van der Waals surface area (Å²) in [5.74, 6) is 1.60. The van der Waals surface area contributed by atoms with E-state index in [4.69, 9.17) is 5.73 Å². The lowest BCUT2D eigenvalue weighted by Crippen LogP contribution is -2.33. The molecule has 2 aliphatic carbocycles. The van der Waals surface area contributed by atoms with Gasteiger partial charge in [-0.15, -0.1) is 11.3 Å². The number of carbonyl (C=O) groups is 1. The minimum Gasteiger partial charge on any atom is -0.349 e. The molecular formula is C14H20N2OS. The Morgan fingerprint density at radius 3 is 2.56 bits per heavy atom. The van der Waals surface area contributed by atoms with Gasteiger partial charge < -0.3 is 11.1 Å². The second kappa shape index (κ2) is 4.67. The average molecular weight is 264 g/mol. The number of fused-ring (bicyclic) bond motifs is 1. The Balaban J connectivity index is 1.59. The largest absolute Gasteiger partial charge is 0.349 e. The first-order chi connectivity index (χ1) is 8.63. The molecule has 4 heteroatoms. The van der Waals surface area contributed by atoms with E-state index < -0.39 is 0 Å². The van der Waals surface area contributed by atoms with Gasteiger partial charge in [-0.05, 0) is 61.5 Å². The number of thiophene rings is 1. The monoisotopic (exact) mass is 264 g/mol. The van der Waals surface area contributed by atoms with E-state index in [1.165, 1.54) is 11.3 Å². The van der Waals surface area contributed by atoms with Crippen LogP contribution in [0, 0.1) is 18.8 Å². The summed E-state index contributed by atoms with van der Waals surface area (Å²) in [5, 5.41) is 5.18. The third kappa shape index (κ3) is 2.19. The normalized spacial score (nSPS) is 34.6. The SMILES string of the molecule is Cc1ccsc1C(=O)NC1CC2CC(N)CC2C1. The molecule has 2 saturated carbocycles. The van der Waals surface area contributed by atoms with Crippen molar-refractivity contribution < 1.29 is 4.79 Å². The Hall–Kier alpha value is -0.870. The molecule has 1 aromatic heterocycles. The predicted octanol–water partition coefficient (Wildman–Crippen LogP) is 2.30. The van der Waals surface area contributed by atoms with E-state index in [1.807, 2.05) is 18.4 Å². The van der Waals surface area contributed by atoms with E-state index in [2.05, 4.69) is 5.32 Å². The van der Waals surface area contributed by atoms with E-state index in [9.17, 15) is 4.79 Å². The van der Waals surface area contributed by atoms with Gasteiger partial charge in [-0.25, -0.2) is 0 Å². The number of hydrogen-bond donors (Lipinski definition) is 2. The lowest BCUT2D eigenvalue weighted by molar-refractivity contribution is 0.0940. The number of rotatable bonds is 2. The summed E-state index contributed by atoms with van der Waals surface area (Å²) in [6, 6.07) is 2.76. The molecule has 2 aliphatic rings. The van der Waals surface area contributed by atoms with Crippen LogP contribution in [0.1, 0.15) is 40.9 Å². The van der Waals surface area contributed by atoms with Crippen LogP contribution in [-0.4, -0.2) is 18.0 Å². The zero-order valence-corrected chi connectivity index (χ0v) is 11.5. The van der Waals surface area contributed by atoms with E-state index >= 15 is 0 Å². The number of amides is 1. The molecule has 2 fully saturated rings. The average Bonchev–Trinajstić information content (AvgIpc) is 2.92. The number of nitrogens with one attached hydrogen (secondary N) is 1. The molecule has 1 aromatic rings. The van der Waals surface area contributed by atoms with Gasteiger partial charge in [-0.2, -0.15) is 0 Å². The fraction of sp³-hybridized carbons (Fsp3) is 0.643. The standard InChI is InChI=1S/C14H20N2OS/c1-8-2-3-18-13(8)14(17)16-12-6-9-4-11(15)5-10(9)7-12/h2-3,9-12H,4-7,15H2,1H3,(H,16,17). The zero-order chi connectivity index (χ0) is 12.7. The van der Waals surface area contributed by atoms with Gasteiger partial charge in [0.15, 0.2) is 0 Å². The van der Waals surface area contributed by atoms with Crippen LogP contribution in [0.3, 0.4) is 0 Å². The molecule has 3 rings (SSSR count). The predicted molar refractivity (Wildman–Crippen MR) is 73.7 cm³/mol. The van der Waals surface area contributed by atoms with Gasteiger partial charge >= 0.3 is 0 Å². The number of carbonyl (C=O) groups excluding carboxylic acids is 1. The number of hydrogen-bond acceptors (Lipinski definition) is 3. The van der Waals surface area contributed by atoms with Crippen molar-refractivity contribution in [2.45, 2.75) is 44.7 Å². The first kappa shape index (κ1) is 12.2. The van der Waals surface area contributed by atoms with Crippen molar-refractivity contribution in [3.05, 3.63) is 21.9 Å². The molecule has 0 radical (unpaired) electrons. The van der Waals surface area contributed by atoms with Gasteiger partial charge in [0.05, 0.1) is 4.88 Å². The number of nitrogens with two attached hydrogens (primary N) is 1. The van der Waals surface area contributed by atoms with Gasteiger partial charge in [0.25, 0.3) is 5.91 Å². The Kier molecular flexibility index (Phi) is 3.16. The van der Waals surface area contributed by atoms with Crippen LogP contribution in [-0.2, 0) is 0 Å². The third-order valence-corrected chi connectivity index (χ3v) is 5.47. The first-order valence-corrected chi connectivity index (χ1v) is 7.62. The minimum atomic E-state index is 0.108. The van der Waals surface area contributed by atoms with Crippen LogP contribution in [0.2, 0.25) is 0 Å². The second-order valence-corrected chi connectivity index (χ2v) is 6.74. The van der Waals surface area contributed by atoms with Crippen LogP contribution in [0.15, 0.2) is 11.4 Å². The van der Waals surface area contributed by atoms with Crippen molar-refractivity contribution in [1.82, 2.24) is 5.32 Å². The highest BCUT2D eigenvalue weighted by molar-refractivity contribution is 7.12. The molecule has 1 heterocycles. The molecule has 2 unspecified atom stereocenters. The first-order valence-electron chi connectivity index (χ1n) is 6.74. The van der Waals surface area contributed by atoms with Gasteiger partial charge in [-0.3, -0.25) is 4.79 Å². The van der Waals surface area contributed by atoms with Gasteiger partial charge in [0, 0.05) is 12.1 Å². The Morgan fingerprint density at radius 2 is 2.00 bits per heavy atom. The summed E-state index contributed by atoms with van der Waals surface area (Å²) < 4.78 is 0. The Labute approximate surface area is 112 Å². The van der Waals surface area contributed by atoms with Gasteiger partial charge in [0.2, 0.25) is 0 Å². The maximum absolute atomic E-state index is 12.1. The molecule has 3 nitrogen and oxygen atoms in total. The molecule has 0 bridgehead atoms. The summed E-state index contributed by atoms with van der Waals surface area (Å²) in [4.78, 5) is 13.0. The number of aryl methyl sites for hydroxylation is 1. The fourth-order valence-corrected chi connectivity index (χ4v) is 4.47. The quantitative estimate of drug-likeness (QED) is 0.861. The molecular weight excluding hydrogens is 244 g/mol. The maximum Gasteiger partial charge on any atom is 0.261 e. The van der Waals surface area contributed by atoms with Gasteiger partial charge in [0.1, 0.15) is 0 Å². The lowest BCUT2D eigenvalue weighted by Gasteiger charge is -2.14. The van der Waals surface area contributed by atoms with Crippen LogP contribution in [0.25, 0.3) is 0 Å². The molecule has 98 valence electrons. The third-order valence-electron chi connectivity index (χ3n) is 4.46. The van der Waals surface area contributed by atoms with Crippen LogP contribution in [0.5, 0.6) is 0 Å². The van der Waals surface area contributed by atoms with E-state index in [0.717, 1.165) is 48.0 Å². The molecule has 0 aliphatic heterocycles. The smallest absolute Gasteiger partial charge is 0.261 e. The molecule has 2 atom stereocenters. The van der Waals surface area contributed by atoms with Crippen molar-refractivity contribution in [2.75, 3.05) is 0 Å². The molecule has 1 amide bonds. The maximum atomic E-state index is 12.1. The molecule has 0 saturated heterocycles. The molecule has 0 spiro atoms. The topological polar surface area (TPSA) is 55.1 Å². The van der Waals surface area contributed by atoms with Crippen molar-refractivity contribution in [3.8, 4) is 0 Å². The van der Waals surface area contributed by atoms with Crippen molar-refractivity contribution in [1.29, 1.82) is 0 Å². The molecule has 18 heavy (non-hydrogen) atoms. The minimum absolute atomic E-state index is 0.108. The highest BCUT2D eigenvalue weighted by Crippen LogP contribution is 2.43. The highest BCUT2D eigenvalue weighted by Gasteiger charge is 2.40. The van der Waals surface area contributed by atoms with Crippen LogP contribution >= 0.6 is 11.3 Å². The zero-order valence-electron chi connectivity index (χ0n) is 10.7. The van der Waals surface area contributed by atoms with E-state index in [0.29, 0.717) is 12.1 Å². The van der Waals surface area contributed by atoms with Crippen molar-refractivity contribution in [3.63, 3.8) is 0 Å². The summed E-state index contributed by atoms with van der Waals surface area (Å²) >= 11 is 1.53. The highest BCUT2D eigenvalue weighted by atomic mass is 32.1. The van der Waals surface area contributed by atoms with Crippen molar-refractivity contribution >= 4 is 17.2 Å². The van der Waals surface area contributed by atoms with E-state index in [1.54, 1.807) is 0 Å². The van der Waals surface area contributed by atoms with Gasteiger partial charge in [-0.1, -0.05) is 0 Å². The summed E-state index contributed by atoms with van der Waals surface area (Å²) in [5.41, 5.74) is 7.06. The molecule has 3 N–H and O–H groups in total. The van der Waals surface area contributed by atoms with Crippen LogP contribution < -0.4 is 11.1 Å². The van der Waals surface area contributed by atoms with Crippen molar-refractivity contribution in [2.24, 2.45) is 17.6 Å². The Bertz CT molecular complexity index is 442. The van der Waals surface area contributed by atoms with Crippen LogP contribution in [0.4, 0.5) is 0 Å². The lowest BCUT2D eigenvalue weighted by atomic mass is 10.0. The summed E-state index contributed by atoms with van der Waals surface area (Å²) in [7, 11) is 0. The Morgan fingerprint density at radius 1 is 1.33 bits per heavy atom.